The van der Waals surface area contributed by atoms with Gasteiger partial charge in [0.1, 0.15) is 5.78 Å². The van der Waals surface area contributed by atoms with Crippen LogP contribution in [0.4, 0.5) is 5.69 Å². The van der Waals surface area contributed by atoms with Crippen molar-refractivity contribution >= 4 is 33.5 Å². The summed E-state index contributed by atoms with van der Waals surface area (Å²) in [6.07, 6.45) is 7.79. The van der Waals surface area contributed by atoms with Crippen LogP contribution in [0.3, 0.4) is 0 Å². The zero-order chi connectivity index (χ0) is 24.8. The summed E-state index contributed by atoms with van der Waals surface area (Å²) in [6.45, 7) is 0. The first-order chi connectivity index (χ1) is 16.7. The van der Waals surface area contributed by atoms with Crippen molar-refractivity contribution in [3.8, 4) is 17.2 Å². The van der Waals surface area contributed by atoms with Gasteiger partial charge in [0.2, 0.25) is 10.0 Å². The molecule has 35 heavy (non-hydrogen) atoms. The third kappa shape index (κ3) is 4.84. The van der Waals surface area contributed by atoms with Gasteiger partial charge in [-0.15, -0.1) is 0 Å². The summed E-state index contributed by atoms with van der Waals surface area (Å²) < 4.78 is 32.8. The number of fused-ring (bicyclic) bond motifs is 1. The number of esters is 1. The minimum Gasteiger partial charge on any atom is -0.465 e. The maximum atomic E-state index is 12.7. The molecule has 2 aromatic rings. The van der Waals surface area contributed by atoms with Crippen LogP contribution >= 0.6 is 0 Å². The van der Waals surface area contributed by atoms with Gasteiger partial charge >= 0.3 is 5.97 Å². The van der Waals surface area contributed by atoms with Gasteiger partial charge < -0.3 is 4.74 Å². The molecule has 0 saturated heterocycles. The molecule has 0 aliphatic heterocycles. The molecule has 9 heteroatoms. The standard InChI is InChI=1S/C26H25N3O5S/c1-34-25(31)22-11-17(29-35(32,33)15-26(14-27)9-10-26)7-8-19(22)21-12-18(13-24(30)16-5-6-16)28-23-4-2-3-20(21)23/h2-3,7-8,11-12,16,29H,4-6,9-10,13,15H2,1H3. The fraction of sp³-hybridized carbons (Fsp3) is 0.385. The molecular formula is C26H25N3O5S. The molecule has 0 bridgehead atoms. The number of hydrogen-bond donors (Lipinski definition) is 1. The Balaban J connectivity index is 1.51. The lowest BCUT2D eigenvalue weighted by molar-refractivity contribution is -0.119. The average Bonchev–Trinajstić information content (AvgIpc) is 3.76. The van der Waals surface area contributed by atoms with Crippen molar-refractivity contribution in [2.75, 3.05) is 17.6 Å². The number of Topliss-reactive ketones (excluding diaryl/α,β-unsaturated/α-hetero) is 1. The molecule has 0 atom stereocenters. The fourth-order valence-electron chi connectivity index (χ4n) is 4.48. The quantitative estimate of drug-likeness (QED) is 0.530. The van der Waals surface area contributed by atoms with E-state index in [0.717, 1.165) is 29.7 Å². The first-order valence-electron chi connectivity index (χ1n) is 11.6. The number of aromatic nitrogens is 1. The molecule has 0 amide bonds. The van der Waals surface area contributed by atoms with E-state index >= 15 is 0 Å². The van der Waals surface area contributed by atoms with E-state index in [0.29, 0.717) is 30.5 Å². The number of carbonyl (C=O) groups is 2. The monoisotopic (exact) mass is 491 g/mol. The highest BCUT2D eigenvalue weighted by Gasteiger charge is 2.47. The van der Waals surface area contributed by atoms with Gasteiger partial charge in [0, 0.05) is 35.7 Å². The van der Waals surface area contributed by atoms with E-state index in [1.165, 1.54) is 13.2 Å². The maximum absolute atomic E-state index is 12.7. The third-order valence-corrected chi connectivity index (χ3v) is 8.20. The van der Waals surface area contributed by atoms with Gasteiger partial charge in [0.05, 0.1) is 35.6 Å². The van der Waals surface area contributed by atoms with Gasteiger partial charge in [0.25, 0.3) is 0 Å². The number of nitriles is 1. The molecule has 8 nitrogen and oxygen atoms in total. The van der Waals surface area contributed by atoms with Crippen molar-refractivity contribution in [3.63, 3.8) is 0 Å². The molecule has 0 spiro atoms. The second-order valence-electron chi connectivity index (χ2n) is 9.55. The van der Waals surface area contributed by atoms with Crippen LogP contribution in [-0.2, 0) is 32.4 Å². The molecule has 1 heterocycles. The first-order valence-corrected chi connectivity index (χ1v) is 13.2. The average molecular weight is 492 g/mol. The Kier molecular flexibility index (Phi) is 5.72. The number of benzene rings is 1. The Morgan fingerprint density at radius 1 is 1.23 bits per heavy atom. The zero-order valence-electron chi connectivity index (χ0n) is 19.3. The van der Waals surface area contributed by atoms with Gasteiger partial charge in [-0.1, -0.05) is 18.2 Å². The number of pyridine rings is 1. The molecule has 2 fully saturated rings. The summed E-state index contributed by atoms with van der Waals surface area (Å²) in [5.41, 5.74) is 3.28. The Bertz CT molecular complexity index is 1410. The van der Waals surface area contributed by atoms with E-state index in [-0.39, 0.29) is 35.1 Å². The minimum absolute atomic E-state index is 0.125. The topological polar surface area (TPSA) is 126 Å². The van der Waals surface area contributed by atoms with Crippen LogP contribution in [0.1, 0.15) is 53.0 Å². The number of nitrogens with one attached hydrogen (secondary N) is 1. The second-order valence-corrected chi connectivity index (χ2v) is 11.3. The minimum atomic E-state index is -3.78. The number of carbonyl (C=O) groups excluding carboxylic acids is 2. The molecule has 0 radical (unpaired) electrons. The van der Waals surface area contributed by atoms with Gasteiger partial charge in [-0.05, 0) is 55.0 Å². The highest BCUT2D eigenvalue weighted by atomic mass is 32.2. The summed E-state index contributed by atoms with van der Waals surface area (Å²) in [6, 6.07) is 8.64. The van der Waals surface area contributed by atoms with E-state index in [4.69, 9.17) is 4.74 Å². The summed E-state index contributed by atoms with van der Waals surface area (Å²) >= 11 is 0. The number of anilines is 1. The Morgan fingerprint density at radius 3 is 2.66 bits per heavy atom. The second kappa shape index (κ2) is 8.61. The molecule has 3 aliphatic carbocycles. The molecule has 5 rings (SSSR count). The van der Waals surface area contributed by atoms with Crippen LogP contribution in [0.2, 0.25) is 0 Å². The number of allylic oxidation sites excluding steroid dienone is 1. The van der Waals surface area contributed by atoms with E-state index in [1.54, 1.807) is 12.1 Å². The molecule has 180 valence electrons. The smallest absolute Gasteiger partial charge is 0.338 e. The van der Waals surface area contributed by atoms with Crippen LogP contribution in [0, 0.1) is 22.7 Å². The molecule has 1 N–H and O–H groups in total. The van der Waals surface area contributed by atoms with Crippen LogP contribution in [-0.4, -0.2) is 38.0 Å². The van der Waals surface area contributed by atoms with E-state index in [1.807, 2.05) is 18.2 Å². The molecule has 0 unspecified atom stereocenters. The molecule has 2 saturated carbocycles. The number of nitrogens with zero attached hydrogens (tertiary/aromatic N) is 2. The first kappa shape index (κ1) is 23.2. The third-order valence-electron chi connectivity index (χ3n) is 6.72. The van der Waals surface area contributed by atoms with Crippen molar-refractivity contribution in [2.24, 2.45) is 11.3 Å². The van der Waals surface area contributed by atoms with Crippen LogP contribution in [0.15, 0.2) is 30.3 Å². The molecule has 1 aromatic heterocycles. The summed E-state index contributed by atoms with van der Waals surface area (Å²) in [5.74, 6) is -0.592. The lowest BCUT2D eigenvalue weighted by Crippen LogP contribution is -2.23. The van der Waals surface area contributed by atoms with Gasteiger partial charge in [-0.2, -0.15) is 5.26 Å². The number of rotatable bonds is 9. The normalized spacial score (nSPS) is 17.4. The van der Waals surface area contributed by atoms with Crippen molar-refractivity contribution in [1.29, 1.82) is 5.26 Å². The van der Waals surface area contributed by atoms with E-state index in [2.05, 4.69) is 15.8 Å². The predicted octanol–water partition coefficient (Wildman–Crippen LogP) is 3.67. The summed E-state index contributed by atoms with van der Waals surface area (Å²) in [7, 11) is -2.52. The van der Waals surface area contributed by atoms with Crippen molar-refractivity contribution in [3.05, 3.63) is 52.9 Å². The molecular weight excluding hydrogens is 466 g/mol. The summed E-state index contributed by atoms with van der Waals surface area (Å²) in [5, 5.41) is 9.25. The predicted molar refractivity (Wildman–Crippen MR) is 130 cm³/mol. The van der Waals surface area contributed by atoms with E-state index < -0.39 is 21.4 Å². The Hall–Kier alpha value is -3.51. The van der Waals surface area contributed by atoms with Crippen molar-refractivity contribution in [1.82, 2.24) is 4.98 Å². The maximum Gasteiger partial charge on any atom is 0.338 e. The highest BCUT2D eigenvalue weighted by molar-refractivity contribution is 7.92. The highest BCUT2D eigenvalue weighted by Crippen LogP contribution is 2.46. The SMILES string of the molecule is COC(=O)c1cc(NS(=O)(=O)CC2(C#N)CC2)ccc1-c1cc(CC(=O)C2CC2)nc2c1C=CC2. The van der Waals surface area contributed by atoms with Crippen molar-refractivity contribution < 1.29 is 22.7 Å². The Morgan fingerprint density at radius 2 is 2.00 bits per heavy atom. The van der Waals surface area contributed by atoms with Crippen LogP contribution in [0.25, 0.3) is 17.2 Å². The van der Waals surface area contributed by atoms with Crippen LogP contribution in [0.5, 0.6) is 0 Å². The van der Waals surface area contributed by atoms with Gasteiger partial charge in [-0.3, -0.25) is 14.5 Å². The number of hydrogen-bond acceptors (Lipinski definition) is 7. The number of ketones is 1. The molecule has 3 aliphatic rings. The number of methoxy groups -OCH3 is 1. The van der Waals surface area contributed by atoms with Gasteiger partial charge in [-0.25, -0.2) is 13.2 Å². The molecule has 1 aromatic carbocycles. The van der Waals surface area contributed by atoms with Crippen LogP contribution < -0.4 is 4.72 Å². The lowest BCUT2D eigenvalue weighted by atomic mass is 9.93. The summed E-state index contributed by atoms with van der Waals surface area (Å²) in [4.78, 5) is 29.9. The van der Waals surface area contributed by atoms with Crippen molar-refractivity contribution in [2.45, 2.75) is 38.5 Å². The number of ether oxygens (including phenoxy) is 1. The number of sulfonamides is 1. The zero-order valence-corrected chi connectivity index (χ0v) is 20.2. The largest absolute Gasteiger partial charge is 0.465 e. The fourth-order valence-corrected chi connectivity index (χ4v) is 6.12. The van der Waals surface area contributed by atoms with Gasteiger partial charge in [0.15, 0.2) is 0 Å². The Labute approximate surface area is 204 Å². The van der Waals surface area contributed by atoms with E-state index in [9.17, 15) is 23.3 Å². The lowest BCUT2D eigenvalue weighted by Gasteiger charge is -2.16.